The summed E-state index contributed by atoms with van der Waals surface area (Å²) in [5.41, 5.74) is 4.92. The molecule has 152 valence electrons. The van der Waals surface area contributed by atoms with Crippen molar-refractivity contribution in [2.75, 3.05) is 17.7 Å². The Morgan fingerprint density at radius 3 is 2.60 bits per heavy atom. The summed E-state index contributed by atoms with van der Waals surface area (Å²) >= 11 is 6.12. The van der Waals surface area contributed by atoms with Gasteiger partial charge in [-0.05, 0) is 55.0 Å². The van der Waals surface area contributed by atoms with Gasteiger partial charge < -0.3 is 15.4 Å². The molecule has 0 unspecified atom stereocenters. The van der Waals surface area contributed by atoms with Crippen LogP contribution < -0.4 is 15.4 Å². The smallest absolute Gasteiger partial charge is 0.139 e. The third kappa shape index (κ3) is 4.55. The molecule has 2 N–H and O–H groups in total. The number of allylic oxidation sites excluding steroid dienone is 1. The number of amidine groups is 1. The second-order valence-corrected chi connectivity index (χ2v) is 7.21. The van der Waals surface area contributed by atoms with Gasteiger partial charge >= 0.3 is 0 Å². The molecule has 0 bridgehead atoms. The van der Waals surface area contributed by atoms with Crippen LogP contribution in [0.25, 0.3) is 5.69 Å². The van der Waals surface area contributed by atoms with Crippen LogP contribution in [-0.4, -0.2) is 22.7 Å². The summed E-state index contributed by atoms with van der Waals surface area (Å²) in [6.07, 6.45) is 8.32. The van der Waals surface area contributed by atoms with Crippen LogP contribution >= 0.6 is 11.6 Å². The Hall–Kier alpha value is -3.51. The Morgan fingerprint density at radius 1 is 1.07 bits per heavy atom. The summed E-state index contributed by atoms with van der Waals surface area (Å²) in [6, 6.07) is 15.6. The lowest BCUT2D eigenvalue weighted by Gasteiger charge is -2.12. The Kier molecular flexibility index (Phi) is 5.86. The van der Waals surface area contributed by atoms with E-state index in [-0.39, 0.29) is 0 Å². The van der Waals surface area contributed by atoms with Crippen molar-refractivity contribution in [1.29, 1.82) is 0 Å². The topological polar surface area (TPSA) is 63.5 Å². The van der Waals surface area contributed by atoms with Gasteiger partial charge in [0.05, 0.1) is 17.8 Å². The largest absolute Gasteiger partial charge is 0.495 e. The van der Waals surface area contributed by atoms with Gasteiger partial charge in [-0.1, -0.05) is 17.7 Å². The molecule has 2 heterocycles. The Labute approximate surface area is 180 Å². The number of aliphatic imine (C=N–C) groups is 1. The zero-order chi connectivity index (χ0) is 20.9. The standard InChI is InChI=1S/C23H22ClN5O/c1-16-15-25-23(28-17-4-7-19(8-5-17)29-13-3-12-26-29)11-10-21(16)27-18-6-9-20(24)22(14-18)30-2/h3-10,12-15,27H,11H2,1-2H3,(H,25,28). The number of methoxy groups -OCH3 is 1. The second kappa shape index (κ2) is 8.88. The van der Waals surface area contributed by atoms with Gasteiger partial charge in [0, 0.05) is 48.2 Å². The van der Waals surface area contributed by atoms with Crippen molar-refractivity contribution >= 4 is 28.8 Å². The highest BCUT2D eigenvalue weighted by Crippen LogP contribution is 2.29. The summed E-state index contributed by atoms with van der Waals surface area (Å²) in [7, 11) is 1.61. The van der Waals surface area contributed by atoms with Gasteiger partial charge in [0.1, 0.15) is 11.6 Å². The Balaban J connectivity index is 1.44. The van der Waals surface area contributed by atoms with Crippen LogP contribution in [-0.2, 0) is 0 Å². The van der Waals surface area contributed by atoms with E-state index in [0.717, 1.165) is 34.2 Å². The second-order valence-electron chi connectivity index (χ2n) is 6.81. The fourth-order valence-electron chi connectivity index (χ4n) is 3.07. The molecule has 2 aromatic carbocycles. The highest BCUT2D eigenvalue weighted by Gasteiger charge is 2.09. The van der Waals surface area contributed by atoms with Crippen molar-refractivity contribution in [2.45, 2.75) is 13.3 Å². The van der Waals surface area contributed by atoms with E-state index in [1.807, 2.05) is 72.5 Å². The summed E-state index contributed by atoms with van der Waals surface area (Å²) in [6.45, 7) is 2.03. The normalized spacial score (nSPS) is 13.6. The lowest BCUT2D eigenvalue weighted by Crippen LogP contribution is -2.10. The van der Waals surface area contributed by atoms with E-state index in [0.29, 0.717) is 17.2 Å². The maximum atomic E-state index is 6.12. The maximum Gasteiger partial charge on any atom is 0.139 e. The number of ether oxygens (including phenoxy) is 1. The molecule has 6 nitrogen and oxygen atoms in total. The number of nitrogens with one attached hydrogen (secondary N) is 2. The number of aromatic nitrogens is 2. The van der Waals surface area contributed by atoms with Crippen LogP contribution in [0.15, 0.2) is 89.5 Å². The lowest BCUT2D eigenvalue weighted by atomic mass is 10.2. The number of hydrogen-bond acceptors (Lipinski definition) is 5. The number of benzene rings is 2. The molecular weight excluding hydrogens is 398 g/mol. The highest BCUT2D eigenvalue weighted by atomic mass is 35.5. The van der Waals surface area contributed by atoms with E-state index >= 15 is 0 Å². The average Bonchev–Trinajstić information content (AvgIpc) is 3.25. The predicted octanol–water partition coefficient (Wildman–Crippen LogP) is 5.65. The van der Waals surface area contributed by atoms with Crippen LogP contribution in [0.1, 0.15) is 13.3 Å². The first-order chi connectivity index (χ1) is 14.6. The fourth-order valence-corrected chi connectivity index (χ4v) is 3.26. The molecule has 0 saturated heterocycles. The quantitative estimate of drug-likeness (QED) is 0.561. The first-order valence-corrected chi connectivity index (χ1v) is 9.92. The molecule has 4 rings (SSSR count). The number of halogens is 1. The minimum atomic E-state index is 0.582. The number of nitrogens with zero attached hydrogens (tertiary/aromatic N) is 3. The van der Waals surface area contributed by atoms with Crippen molar-refractivity contribution in [3.05, 3.63) is 89.5 Å². The molecule has 0 radical (unpaired) electrons. The van der Waals surface area contributed by atoms with Crippen molar-refractivity contribution in [2.24, 2.45) is 4.99 Å². The van der Waals surface area contributed by atoms with E-state index in [1.54, 1.807) is 13.3 Å². The monoisotopic (exact) mass is 419 g/mol. The summed E-state index contributed by atoms with van der Waals surface area (Å²) in [4.78, 5) is 4.60. The molecular formula is C23H22ClN5O. The molecule has 1 aliphatic rings. The first-order valence-electron chi connectivity index (χ1n) is 9.54. The molecule has 0 aliphatic carbocycles. The number of hydrogen-bond donors (Lipinski definition) is 2. The summed E-state index contributed by atoms with van der Waals surface area (Å²) in [5.74, 6) is 1.50. The van der Waals surface area contributed by atoms with Gasteiger partial charge in [0.25, 0.3) is 0 Å². The van der Waals surface area contributed by atoms with Crippen molar-refractivity contribution in [3.8, 4) is 11.4 Å². The predicted molar refractivity (Wildman–Crippen MR) is 123 cm³/mol. The zero-order valence-electron chi connectivity index (χ0n) is 16.8. The van der Waals surface area contributed by atoms with Crippen molar-refractivity contribution in [3.63, 3.8) is 0 Å². The lowest BCUT2D eigenvalue weighted by molar-refractivity contribution is 0.415. The third-order valence-electron chi connectivity index (χ3n) is 4.69. The van der Waals surface area contributed by atoms with E-state index in [4.69, 9.17) is 16.3 Å². The number of rotatable bonds is 5. The first kappa shape index (κ1) is 19.8. The van der Waals surface area contributed by atoms with Crippen LogP contribution in [0.3, 0.4) is 0 Å². The van der Waals surface area contributed by atoms with Gasteiger partial charge in [-0.25, -0.2) is 9.67 Å². The fraction of sp³-hybridized carbons (Fsp3) is 0.130. The maximum absolute atomic E-state index is 6.12. The summed E-state index contributed by atoms with van der Waals surface area (Å²) in [5, 5.41) is 11.6. The van der Waals surface area contributed by atoms with E-state index in [1.165, 1.54) is 0 Å². The van der Waals surface area contributed by atoms with Crippen LogP contribution in [0.5, 0.6) is 5.75 Å². The third-order valence-corrected chi connectivity index (χ3v) is 5.01. The molecule has 0 amide bonds. The average molecular weight is 420 g/mol. The molecule has 30 heavy (non-hydrogen) atoms. The molecule has 0 spiro atoms. The molecule has 3 aromatic rings. The van der Waals surface area contributed by atoms with E-state index in [9.17, 15) is 0 Å². The van der Waals surface area contributed by atoms with E-state index in [2.05, 4.69) is 26.8 Å². The zero-order valence-corrected chi connectivity index (χ0v) is 17.5. The van der Waals surface area contributed by atoms with Gasteiger partial charge in [0.2, 0.25) is 0 Å². The minimum absolute atomic E-state index is 0.582. The van der Waals surface area contributed by atoms with Crippen molar-refractivity contribution in [1.82, 2.24) is 9.78 Å². The molecule has 1 aromatic heterocycles. The number of anilines is 2. The van der Waals surface area contributed by atoms with Gasteiger partial charge in [0.15, 0.2) is 0 Å². The van der Waals surface area contributed by atoms with Crippen LogP contribution in [0.4, 0.5) is 11.4 Å². The minimum Gasteiger partial charge on any atom is -0.495 e. The van der Waals surface area contributed by atoms with E-state index < -0.39 is 0 Å². The van der Waals surface area contributed by atoms with Crippen LogP contribution in [0, 0.1) is 0 Å². The SMILES string of the molecule is COc1cc(NC2=CCC(Nc3ccc(-n4cccn4)cc3)=NC=C2C)ccc1Cl. The van der Waals surface area contributed by atoms with Gasteiger partial charge in [-0.2, -0.15) is 5.10 Å². The molecule has 0 fully saturated rings. The van der Waals surface area contributed by atoms with Gasteiger partial charge in [-0.3, -0.25) is 0 Å². The Bertz CT molecular complexity index is 1120. The Morgan fingerprint density at radius 2 is 1.87 bits per heavy atom. The molecule has 0 saturated carbocycles. The highest BCUT2D eigenvalue weighted by molar-refractivity contribution is 6.32. The molecule has 7 heteroatoms. The molecule has 1 aliphatic heterocycles. The van der Waals surface area contributed by atoms with Crippen LogP contribution in [0.2, 0.25) is 5.02 Å². The summed E-state index contributed by atoms with van der Waals surface area (Å²) < 4.78 is 7.12. The molecule has 0 atom stereocenters. The van der Waals surface area contributed by atoms with Gasteiger partial charge in [-0.15, -0.1) is 0 Å². The van der Waals surface area contributed by atoms with Crippen molar-refractivity contribution < 1.29 is 4.74 Å².